The molecule has 1 aromatic heterocycles. The molecule has 3 rings (SSSR count). The molecule has 0 saturated heterocycles. The Balaban J connectivity index is 1.95. The second kappa shape index (κ2) is 6.23. The Bertz CT molecular complexity index is 827. The zero-order chi connectivity index (χ0) is 15.5. The summed E-state index contributed by atoms with van der Waals surface area (Å²) in [5.41, 5.74) is 4.51. The van der Waals surface area contributed by atoms with E-state index in [2.05, 4.69) is 34.0 Å². The fraction of sp³-hybridized carbons (Fsp3) is 0.235. The Morgan fingerprint density at radius 2 is 1.55 bits per heavy atom. The Morgan fingerprint density at radius 3 is 2.18 bits per heavy atom. The summed E-state index contributed by atoms with van der Waals surface area (Å²) in [6, 6.07) is 13.8. The Kier molecular flexibility index (Phi) is 4.15. The van der Waals surface area contributed by atoms with Crippen LogP contribution in [0.5, 0.6) is 0 Å². The highest BCUT2D eigenvalue weighted by atomic mass is 32.1. The van der Waals surface area contributed by atoms with Crippen molar-refractivity contribution in [1.82, 2.24) is 14.9 Å². The first-order valence-corrected chi connectivity index (χ1v) is 7.84. The molecule has 0 spiro atoms. The van der Waals surface area contributed by atoms with Gasteiger partial charge in [-0.25, -0.2) is 9.97 Å². The van der Waals surface area contributed by atoms with Crippen LogP contribution >= 0.6 is 12.2 Å². The molecule has 0 aliphatic rings. The predicted octanol–water partition coefficient (Wildman–Crippen LogP) is 3.82. The van der Waals surface area contributed by atoms with Crippen LogP contribution in [-0.2, 0) is 0 Å². The van der Waals surface area contributed by atoms with E-state index in [-0.39, 0.29) is 0 Å². The zero-order valence-electron chi connectivity index (χ0n) is 12.7. The van der Waals surface area contributed by atoms with Gasteiger partial charge < -0.3 is 10.2 Å². The standard InChI is InChI=1S/C17H18N4S/c1-3-21(4-2)17(22)18-12-9-10-15-16(11-12)20-14-8-6-5-7-13(14)19-15/h5-11H,3-4H2,1-2H3,(H,18,22). The summed E-state index contributed by atoms with van der Waals surface area (Å²) >= 11 is 5.43. The Morgan fingerprint density at radius 1 is 0.955 bits per heavy atom. The molecule has 0 saturated carbocycles. The van der Waals surface area contributed by atoms with Crippen LogP contribution in [0.4, 0.5) is 5.69 Å². The van der Waals surface area contributed by atoms with Crippen LogP contribution in [0.2, 0.25) is 0 Å². The molecule has 0 unspecified atom stereocenters. The Hall–Kier alpha value is -2.27. The third kappa shape index (κ3) is 2.85. The highest BCUT2D eigenvalue weighted by molar-refractivity contribution is 7.80. The van der Waals surface area contributed by atoms with Crippen molar-refractivity contribution in [3.63, 3.8) is 0 Å². The molecule has 1 N–H and O–H groups in total. The molecule has 0 radical (unpaired) electrons. The molecule has 22 heavy (non-hydrogen) atoms. The topological polar surface area (TPSA) is 41.0 Å². The van der Waals surface area contributed by atoms with E-state index in [1.54, 1.807) is 0 Å². The van der Waals surface area contributed by atoms with Crippen molar-refractivity contribution < 1.29 is 0 Å². The molecule has 0 aliphatic carbocycles. The van der Waals surface area contributed by atoms with E-state index in [4.69, 9.17) is 12.2 Å². The number of fused-ring (bicyclic) bond motifs is 2. The van der Waals surface area contributed by atoms with Crippen molar-refractivity contribution in [2.45, 2.75) is 13.8 Å². The van der Waals surface area contributed by atoms with Gasteiger partial charge in [0.2, 0.25) is 0 Å². The van der Waals surface area contributed by atoms with Gasteiger partial charge in [0.25, 0.3) is 0 Å². The van der Waals surface area contributed by atoms with E-state index in [1.165, 1.54) is 0 Å². The molecular weight excluding hydrogens is 292 g/mol. The highest BCUT2D eigenvalue weighted by Gasteiger charge is 2.07. The van der Waals surface area contributed by atoms with Crippen molar-refractivity contribution in [1.29, 1.82) is 0 Å². The number of anilines is 1. The fourth-order valence-electron chi connectivity index (χ4n) is 2.41. The summed E-state index contributed by atoms with van der Waals surface area (Å²) in [5, 5.41) is 4.01. The first-order valence-electron chi connectivity index (χ1n) is 7.43. The van der Waals surface area contributed by atoms with Crippen molar-refractivity contribution in [2.24, 2.45) is 0 Å². The molecule has 0 atom stereocenters. The highest BCUT2D eigenvalue weighted by Crippen LogP contribution is 2.19. The second-order valence-electron chi connectivity index (χ2n) is 5.02. The average Bonchev–Trinajstić information content (AvgIpc) is 2.54. The number of thiocarbonyl (C=S) groups is 1. The summed E-state index contributed by atoms with van der Waals surface area (Å²) in [4.78, 5) is 11.4. The number of hydrogen-bond donors (Lipinski definition) is 1. The first kappa shape index (κ1) is 14.7. The summed E-state index contributed by atoms with van der Waals surface area (Å²) in [7, 11) is 0. The molecule has 0 amide bonds. The number of nitrogens with zero attached hydrogens (tertiary/aromatic N) is 3. The normalized spacial score (nSPS) is 10.8. The van der Waals surface area contributed by atoms with E-state index in [0.717, 1.165) is 46.0 Å². The van der Waals surface area contributed by atoms with E-state index in [1.807, 2.05) is 42.5 Å². The maximum absolute atomic E-state index is 5.43. The summed E-state index contributed by atoms with van der Waals surface area (Å²) in [5.74, 6) is 0. The van der Waals surface area contributed by atoms with Crippen LogP contribution in [0, 0.1) is 0 Å². The van der Waals surface area contributed by atoms with E-state index >= 15 is 0 Å². The minimum absolute atomic E-state index is 0.734. The lowest BCUT2D eigenvalue weighted by molar-refractivity contribution is 0.473. The largest absolute Gasteiger partial charge is 0.350 e. The maximum Gasteiger partial charge on any atom is 0.173 e. The maximum atomic E-state index is 5.43. The zero-order valence-corrected chi connectivity index (χ0v) is 13.5. The van der Waals surface area contributed by atoms with Gasteiger partial charge in [-0.1, -0.05) is 12.1 Å². The van der Waals surface area contributed by atoms with Gasteiger partial charge in [0.15, 0.2) is 5.11 Å². The summed E-state index contributed by atoms with van der Waals surface area (Å²) in [6.45, 7) is 5.96. The van der Waals surface area contributed by atoms with Gasteiger partial charge in [0, 0.05) is 18.8 Å². The lowest BCUT2D eigenvalue weighted by atomic mass is 10.2. The van der Waals surface area contributed by atoms with E-state index in [0.29, 0.717) is 0 Å². The molecule has 0 bridgehead atoms. The van der Waals surface area contributed by atoms with Crippen molar-refractivity contribution in [2.75, 3.05) is 18.4 Å². The average molecular weight is 310 g/mol. The summed E-state index contributed by atoms with van der Waals surface area (Å²) in [6.07, 6.45) is 0. The number of aromatic nitrogens is 2. The Labute approximate surface area is 135 Å². The molecule has 0 fully saturated rings. The predicted molar refractivity (Wildman–Crippen MR) is 96.2 cm³/mol. The van der Waals surface area contributed by atoms with Crippen LogP contribution in [0.3, 0.4) is 0 Å². The molecule has 4 nitrogen and oxygen atoms in total. The van der Waals surface area contributed by atoms with Gasteiger partial charge in [0.05, 0.1) is 22.1 Å². The molecular formula is C17H18N4S. The van der Waals surface area contributed by atoms with Crippen molar-refractivity contribution in [3.8, 4) is 0 Å². The number of nitrogens with one attached hydrogen (secondary N) is 1. The monoisotopic (exact) mass is 310 g/mol. The molecule has 112 valence electrons. The van der Waals surface area contributed by atoms with Gasteiger partial charge in [-0.15, -0.1) is 0 Å². The van der Waals surface area contributed by atoms with Gasteiger partial charge in [-0.2, -0.15) is 0 Å². The van der Waals surface area contributed by atoms with Gasteiger partial charge in [-0.3, -0.25) is 0 Å². The molecule has 1 heterocycles. The van der Waals surface area contributed by atoms with Gasteiger partial charge in [-0.05, 0) is 56.4 Å². The molecule has 3 aromatic rings. The third-order valence-corrected chi connectivity index (χ3v) is 4.00. The number of benzene rings is 2. The number of rotatable bonds is 3. The smallest absolute Gasteiger partial charge is 0.173 e. The molecule has 2 aromatic carbocycles. The van der Waals surface area contributed by atoms with Crippen LogP contribution in [0.1, 0.15) is 13.8 Å². The van der Waals surface area contributed by atoms with E-state index < -0.39 is 0 Å². The SMILES string of the molecule is CCN(CC)C(=S)Nc1ccc2nc3ccccc3nc2c1. The third-order valence-electron chi connectivity index (χ3n) is 3.64. The molecule has 5 heteroatoms. The lowest BCUT2D eigenvalue weighted by Crippen LogP contribution is -2.34. The van der Waals surface area contributed by atoms with Crippen LogP contribution in [0.15, 0.2) is 42.5 Å². The van der Waals surface area contributed by atoms with Crippen LogP contribution in [-0.4, -0.2) is 33.1 Å². The van der Waals surface area contributed by atoms with Gasteiger partial charge in [0.1, 0.15) is 0 Å². The second-order valence-corrected chi connectivity index (χ2v) is 5.40. The fourth-order valence-corrected chi connectivity index (χ4v) is 2.79. The van der Waals surface area contributed by atoms with Crippen molar-refractivity contribution in [3.05, 3.63) is 42.5 Å². The van der Waals surface area contributed by atoms with Crippen LogP contribution < -0.4 is 5.32 Å². The summed E-state index contributed by atoms with van der Waals surface area (Å²) < 4.78 is 0. The van der Waals surface area contributed by atoms with Crippen LogP contribution in [0.25, 0.3) is 22.1 Å². The van der Waals surface area contributed by atoms with E-state index in [9.17, 15) is 0 Å². The quantitative estimate of drug-likeness (QED) is 0.588. The van der Waals surface area contributed by atoms with Crippen molar-refractivity contribution >= 4 is 45.1 Å². The number of para-hydroxylation sites is 2. The molecule has 0 aliphatic heterocycles. The minimum atomic E-state index is 0.734. The number of hydrogen-bond acceptors (Lipinski definition) is 3. The minimum Gasteiger partial charge on any atom is -0.350 e. The lowest BCUT2D eigenvalue weighted by Gasteiger charge is -2.22. The first-order chi connectivity index (χ1) is 10.7. The van der Waals surface area contributed by atoms with Gasteiger partial charge >= 0.3 is 0 Å².